The first-order chi connectivity index (χ1) is 14.9. The number of rotatable bonds is 7. The summed E-state index contributed by atoms with van der Waals surface area (Å²) in [6.07, 6.45) is -22.8. The van der Waals surface area contributed by atoms with E-state index in [2.05, 4.69) is 6.58 Å². The highest BCUT2D eigenvalue weighted by Gasteiger charge is 2.74. The van der Waals surface area contributed by atoms with Gasteiger partial charge in [0.15, 0.2) is 6.29 Å². The van der Waals surface area contributed by atoms with Gasteiger partial charge in [0.2, 0.25) is 0 Å². The molecule has 0 heterocycles. The van der Waals surface area contributed by atoms with Gasteiger partial charge in [0.25, 0.3) is 5.60 Å². The minimum absolute atomic E-state index is 0.363. The molecule has 202 valence electrons. The third kappa shape index (κ3) is 6.03. The van der Waals surface area contributed by atoms with Crippen LogP contribution in [0.3, 0.4) is 0 Å². The fourth-order valence-electron chi connectivity index (χ4n) is 4.58. The van der Waals surface area contributed by atoms with E-state index in [1.54, 1.807) is 34.6 Å². The Kier molecular flexibility index (Phi) is 8.94. The Hall–Kier alpha value is -1.01. The summed E-state index contributed by atoms with van der Waals surface area (Å²) in [5.41, 5.74) is -8.42. The summed E-state index contributed by atoms with van der Waals surface area (Å²) < 4.78 is 126. The molecular formula is C22H33F9O3. The summed E-state index contributed by atoms with van der Waals surface area (Å²) in [4.78, 5) is 0. The Labute approximate surface area is 193 Å². The van der Waals surface area contributed by atoms with Gasteiger partial charge in [-0.25, -0.2) is 0 Å². The van der Waals surface area contributed by atoms with Crippen molar-refractivity contribution >= 4 is 0 Å². The Bertz CT molecular complexity index is 692. The minimum Gasteiger partial charge on any atom is -0.373 e. The third-order valence-corrected chi connectivity index (χ3v) is 7.33. The van der Waals surface area contributed by atoms with E-state index in [1.165, 1.54) is 0 Å². The molecule has 1 aliphatic rings. The zero-order valence-corrected chi connectivity index (χ0v) is 19.8. The lowest BCUT2D eigenvalue weighted by molar-refractivity contribution is -0.390. The zero-order chi connectivity index (χ0) is 27.1. The molecule has 0 aromatic heterocycles. The average Bonchev–Trinajstić information content (AvgIpc) is 2.62. The second-order valence-corrected chi connectivity index (χ2v) is 10.4. The van der Waals surface area contributed by atoms with Crippen LogP contribution in [0.2, 0.25) is 0 Å². The quantitative estimate of drug-likeness (QED) is 0.219. The van der Waals surface area contributed by atoms with E-state index in [4.69, 9.17) is 4.74 Å². The van der Waals surface area contributed by atoms with Gasteiger partial charge in [0, 0.05) is 16.9 Å². The van der Waals surface area contributed by atoms with Crippen LogP contribution in [0, 0.1) is 22.7 Å². The fourth-order valence-corrected chi connectivity index (χ4v) is 4.58. The lowest BCUT2D eigenvalue weighted by Gasteiger charge is -2.48. The van der Waals surface area contributed by atoms with Gasteiger partial charge in [-0.2, -0.15) is 39.5 Å². The molecule has 3 nitrogen and oxygen atoms in total. The Morgan fingerprint density at radius 3 is 1.74 bits per heavy atom. The fraction of sp³-hybridized carbons (Fsp3) is 0.909. The standard InChI is InChI=1S/C22H33F9O3/c1-7-8-18(6,17(3,4)5)16(32)34-15-10-13(12(2)20(23,24)25)9-14(11-15)19(33,21(26,27)28)22(29,30)31/h13-16,32-33H,2,7-11H2,1,3-6H3. The molecule has 0 saturated heterocycles. The van der Waals surface area contributed by atoms with E-state index in [0.29, 0.717) is 12.8 Å². The number of aliphatic hydroxyl groups excluding tert-OH is 1. The minimum atomic E-state index is -6.21. The molecule has 2 N–H and O–H groups in total. The molecule has 0 radical (unpaired) electrons. The monoisotopic (exact) mass is 516 g/mol. The molecular weight excluding hydrogens is 483 g/mol. The van der Waals surface area contributed by atoms with Crippen LogP contribution >= 0.6 is 0 Å². The molecule has 1 rings (SSSR count). The Balaban J connectivity index is 3.46. The molecule has 5 unspecified atom stereocenters. The van der Waals surface area contributed by atoms with Crippen molar-refractivity contribution in [1.82, 2.24) is 0 Å². The van der Waals surface area contributed by atoms with Crippen molar-refractivity contribution < 1.29 is 54.5 Å². The number of hydrogen-bond donors (Lipinski definition) is 2. The maximum atomic E-state index is 13.5. The van der Waals surface area contributed by atoms with Crippen LogP contribution in [0.4, 0.5) is 39.5 Å². The van der Waals surface area contributed by atoms with Crippen molar-refractivity contribution in [1.29, 1.82) is 0 Å². The molecule has 0 aromatic carbocycles. The second kappa shape index (κ2) is 9.80. The summed E-state index contributed by atoms with van der Waals surface area (Å²) in [6, 6.07) is 0. The summed E-state index contributed by atoms with van der Waals surface area (Å²) in [5, 5.41) is 20.7. The molecule has 0 aliphatic heterocycles. The van der Waals surface area contributed by atoms with Gasteiger partial charge in [-0.05, 0) is 37.0 Å². The highest BCUT2D eigenvalue weighted by Crippen LogP contribution is 2.55. The highest BCUT2D eigenvalue weighted by atomic mass is 19.4. The maximum Gasteiger partial charge on any atom is 0.426 e. The summed E-state index contributed by atoms with van der Waals surface area (Å²) in [5.74, 6) is -4.58. The normalized spacial score (nSPS) is 26.2. The van der Waals surface area contributed by atoms with Crippen LogP contribution in [0.5, 0.6) is 0 Å². The first-order valence-corrected chi connectivity index (χ1v) is 10.9. The van der Waals surface area contributed by atoms with Gasteiger partial charge < -0.3 is 14.9 Å². The van der Waals surface area contributed by atoms with Crippen molar-refractivity contribution in [2.75, 3.05) is 0 Å². The molecule has 1 saturated carbocycles. The molecule has 1 fully saturated rings. The van der Waals surface area contributed by atoms with Crippen LogP contribution in [0.15, 0.2) is 12.2 Å². The van der Waals surface area contributed by atoms with E-state index in [-0.39, 0.29) is 0 Å². The second-order valence-electron chi connectivity index (χ2n) is 10.4. The smallest absolute Gasteiger partial charge is 0.373 e. The van der Waals surface area contributed by atoms with Crippen molar-refractivity contribution in [3.63, 3.8) is 0 Å². The number of aliphatic hydroxyl groups is 2. The molecule has 0 bridgehead atoms. The van der Waals surface area contributed by atoms with Gasteiger partial charge in [0.05, 0.1) is 6.10 Å². The van der Waals surface area contributed by atoms with Crippen molar-refractivity contribution in [3.8, 4) is 0 Å². The summed E-state index contributed by atoms with van der Waals surface area (Å²) >= 11 is 0. The lowest BCUT2D eigenvalue weighted by Crippen LogP contribution is -2.63. The number of ether oxygens (including phenoxy) is 1. The van der Waals surface area contributed by atoms with Gasteiger partial charge in [-0.3, -0.25) is 0 Å². The first kappa shape index (κ1) is 31.0. The van der Waals surface area contributed by atoms with E-state index in [1.807, 2.05) is 0 Å². The van der Waals surface area contributed by atoms with Crippen LogP contribution in [0.25, 0.3) is 0 Å². The Morgan fingerprint density at radius 1 is 0.912 bits per heavy atom. The molecule has 0 amide bonds. The molecule has 0 spiro atoms. The van der Waals surface area contributed by atoms with Crippen LogP contribution in [-0.2, 0) is 4.74 Å². The van der Waals surface area contributed by atoms with Gasteiger partial charge in [-0.1, -0.05) is 47.6 Å². The van der Waals surface area contributed by atoms with Crippen molar-refractivity contribution in [2.45, 2.75) is 103 Å². The van der Waals surface area contributed by atoms with E-state index < -0.39 is 84.0 Å². The highest BCUT2D eigenvalue weighted by molar-refractivity contribution is 5.13. The summed E-state index contributed by atoms with van der Waals surface area (Å²) in [6.45, 7) is 11.5. The van der Waals surface area contributed by atoms with E-state index in [9.17, 15) is 49.7 Å². The molecule has 34 heavy (non-hydrogen) atoms. The van der Waals surface area contributed by atoms with Crippen molar-refractivity contribution in [2.24, 2.45) is 22.7 Å². The summed E-state index contributed by atoms with van der Waals surface area (Å²) in [7, 11) is 0. The number of hydrogen-bond acceptors (Lipinski definition) is 3. The molecule has 0 aromatic rings. The van der Waals surface area contributed by atoms with Gasteiger partial charge in [0.1, 0.15) is 0 Å². The van der Waals surface area contributed by atoms with Crippen LogP contribution in [-0.4, -0.2) is 46.7 Å². The topological polar surface area (TPSA) is 49.7 Å². The predicted molar refractivity (Wildman–Crippen MR) is 106 cm³/mol. The average molecular weight is 516 g/mol. The largest absolute Gasteiger partial charge is 0.426 e. The molecule has 1 aliphatic carbocycles. The number of alkyl halides is 9. The Morgan fingerprint density at radius 2 is 1.38 bits per heavy atom. The zero-order valence-electron chi connectivity index (χ0n) is 19.8. The number of halogens is 9. The number of allylic oxidation sites excluding steroid dienone is 1. The van der Waals surface area contributed by atoms with E-state index >= 15 is 0 Å². The maximum absolute atomic E-state index is 13.5. The van der Waals surface area contributed by atoms with Gasteiger partial charge >= 0.3 is 18.5 Å². The van der Waals surface area contributed by atoms with Crippen molar-refractivity contribution in [3.05, 3.63) is 12.2 Å². The third-order valence-electron chi connectivity index (χ3n) is 7.33. The SMILES string of the molecule is C=C(C1CC(OC(O)C(C)(CCC)C(C)(C)C)CC(C(O)(C(F)(F)F)C(F)(F)F)C1)C(F)(F)F. The van der Waals surface area contributed by atoms with Crippen LogP contribution < -0.4 is 0 Å². The first-order valence-electron chi connectivity index (χ1n) is 10.9. The lowest BCUT2D eigenvalue weighted by atomic mass is 9.64. The molecule has 5 atom stereocenters. The van der Waals surface area contributed by atoms with Crippen LogP contribution in [0.1, 0.15) is 66.7 Å². The molecule has 12 heteroatoms. The van der Waals surface area contributed by atoms with Gasteiger partial charge in [-0.15, -0.1) is 0 Å². The van der Waals surface area contributed by atoms with E-state index in [0.717, 1.165) is 0 Å². The predicted octanol–water partition coefficient (Wildman–Crippen LogP) is 6.93.